The van der Waals surface area contributed by atoms with Gasteiger partial charge in [-0.1, -0.05) is 26.0 Å². The summed E-state index contributed by atoms with van der Waals surface area (Å²) in [6.07, 6.45) is 0.381. The van der Waals surface area contributed by atoms with E-state index in [9.17, 15) is 9.59 Å². The molecule has 1 aliphatic heterocycles. The van der Waals surface area contributed by atoms with E-state index in [1.165, 1.54) is 0 Å². The molecule has 5 nitrogen and oxygen atoms in total. The molecular weight excluding hydrogens is 282 g/mol. The molecule has 0 radical (unpaired) electrons. The molecule has 2 rings (SSSR count). The molecule has 3 atom stereocenters. The van der Waals surface area contributed by atoms with Crippen LogP contribution in [0.2, 0.25) is 0 Å². The zero-order valence-electron chi connectivity index (χ0n) is 13.3. The number of methoxy groups -OCH3 is 1. The maximum absolute atomic E-state index is 12.4. The van der Waals surface area contributed by atoms with Gasteiger partial charge in [-0.2, -0.15) is 0 Å². The molecule has 1 unspecified atom stereocenters. The number of hydrogen-bond acceptors (Lipinski definition) is 3. The standard InChI is InChI=1S/C17H23NO4/c1-11(13-5-4-6-14(8-13)22-3)7-16(19)18-9-12(2)15(10-18)17(20)21/h4-6,8,11-12,15H,7,9-10H2,1-3H3,(H,20,21)/t11?,12-,15-/m1/s1. The Bertz CT molecular complexity index is 557. The normalized spacial score (nSPS) is 22.4. The quantitative estimate of drug-likeness (QED) is 0.907. The maximum atomic E-state index is 12.4. The van der Waals surface area contributed by atoms with Gasteiger partial charge in [0.25, 0.3) is 0 Å². The first-order chi connectivity index (χ1) is 10.4. The van der Waals surface area contributed by atoms with Crippen LogP contribution in [0.3, 0.4) is 0 Å². The molecule has 0 aliphatic carbocycles. The molecule has 120 valence electrons. The van der Waals surface area contributed by atoms with Crippen molar-refractivity contribution in [3.05, 3.63) is 29.8 Å². The van der Waals surface area contributed by atoms with Crippen molar-refractivity contribution in [1.82, 2.24) is 4.90 Å². The van der Waals surface area contributed by atoms with Gasteiger partial charge >= 0.3 is 5.97 Å². The number of carboxylic acids is 1. The summed E-state index contributed by atoms with van der Waals surface area (Å²) in [4.78, 5) is 25.2. The van der Waals surface area contributed by atoms with E-state index in [2.05, 4.69) is 0 Å². The third-order valence-electron chi connectivity index (χ3n) is 4.43. The van der Waals surface area contributed by atoms with Crippen molar-refractivity contribution in [1.29, 1.82) is 0 Å². The maximum Gasteiger partial charge on any atom is 0.308 e. The molecule has 0 spiro atoms. The van der Waals surface area contributed by atoms with E-state index in [-0.39, 0.29) is 17.7 Å². The molecule has 1 aromatic carbocycles. The van der Waals surface area contributed by atoms with E-state index in [0.717, 1.165) is 11.3 Å². The second-order valence-electron chi connectivity index (χ2n) is 6.10. The lowest BCUT2D eigenvalue weighted by Gasteiger charge is -2.19. The SMILES string of the molecule is COc1cccc(C(C)CC(=O)N2C[C@@H](C)[C@H](C(=O)O)C2)c1. The summed E-state index contributed by atoms with van der Waals surface area (Å²) >= 11 is 0. The molecule has 1 aliphatic rings. The van der Waals surface area contributed by atoms with Crippen LogP contribution in [-0.2, 0) is 9.59 Å². The highest BCUT2D eigenvalue weighted by Crippen LogP contribution is 2.27. The lowest BCUT2D eigenvalue weighted by molar-refractivity contribution is -0.142. The number of benzene rings is 1. The highest BCUT2D eigenvalue weighted by molar-refractivity contribution is 5.79. The number of likely N-dealkylation sites (tertiary alicyclic amines) is 1. The zero-order valence-corrected chi connectivity index (χ0v) is 13.3. The minimum absolute atomic E-state index is 0.00794. The van der Waals surface area contributed by atoms with E-state index in [1.807, 2.05) is 38.1 Å². The predicted octanol–water partition coefficient (Wildman–Crippen LogP) is 2.37. The van der Waals surface area contributed by atoms with E-state index in [0.29, 0.717) is 19.5 Å². The Labute approximate surface area is 130 Å². The van der Waals surface area contributed by atoms with Crippen LogP contribution < -0.4 is 4.74 Å². The van der Waals surface area contributed by atoms with Crippen LogP contribution in [0, 0.1) is 11.8 Å². The van der Waals surface area contributed by atoms with Gasteiger partial charge in [-0.25, -0.2) is 0 Å². The highest BCUT2D eigenvalue weighted by atomic mass is 16.5. The van der Waals surface area contributed by atoms with Crippen LogP contribution in [0.5, 0.6) is 5.75 Å². The number of aliphatic carboxylic acids is 1. The van der Waals surface area contributed by atoms with Crippen molar-refractivity contribution in [3.63, 3.8) is 0 Å². The van der Waals surface area contributed by atoms with Gasteiger partial charge in [-0.15, -0.1) is 0 Å². The average Bonchev–Trinajstić information content (AvgIpc) is 2.89. The number of rotatable bonds is 5. The zero-order chi connectivity index (χ0) is 16.3. The predicted molar refractivity (Wildman–Crippen MR) is 82.9 cm³/mol. The molecule has 1 amide bonds. The van der Waals surface area contributed by atoms with Crippen molar-refractivity contribution in [2.45, 2.75) is 26.2 Å². The monoisotopic (exact) mass is 305 g/mol. The second-order valence-corrected chi connectivity index (χ2v) is 6.10. The minimum Gasteiger partial charge on any atom is -0.497 e. The van der Waals surface area contributed by atoms with Gasteiger partial charge < -0.3 is 14.7 Å². The molecule has 1 N–H and O–H groups in total. The van der Waals surface area contributed by atoms with Crippen molar-refractivity contribution < 1.29 is 19.4 Å². The molecule has 1 saturated heterocycles. The second kappa shape index (κ2) is 6.81. The van der Waals surface area contributed by atoms with Crippen molar-refractivity contribution in [2.75, 3.05) is 20.2 Å². The van der Waals surface area contributed by atoms with Crippen LogP contribution in [0.1, 0.15) is 31.7 Å². The molecule has 0 bridgehead atoms. The van der Waals surface area contributed by atoms with Crippen molar-refractivity contribution in [3.8, 4) is 5.75 Å². The first kappa shape index (κ1) is 16.3. The number of hydrogen-bond donors (Lipinski definition) is 1. The molecule has 22 heavy (non-hydrogen) atoms. The largest absolute Gasteiger partial charge is 0.497 e. The van der Waals surface area contributed by atoms with Crippen molar-refractivity contribution >= 4 is 11.9 Å². The van der Waals surface area contributed by atoms with Gasteiger partial charge in [0.2, 0.25) is 5.91 Å². The molecular formula is C17H23NO4. The average molecular weight is 305 g/mol. The summed E-state index contributed by atoms with van der Waals surface area (Å²) in [7, 11) is 1.62. The summed E-state index contributed by atoms with van der Waals surface area (Å²) in [5.74, 6) is -0.390. The number of carboxylic acid groups (broad SMARTS) is 1. The van der Waals surface area contributed by atoms with Gasteiger partial charge in [0.05, 0.1) is 13.0 Å². The van der Waals surface area contributed by atoms with Crippen LogP contribution in [-0.4, -0.2) is 42.1 Å². The van der Waals surface area contributed by atoms with Gasteiger partial charge in [0.1, 0.15) is 5.75 Å². The fourth-order valence-electron chi connectivity index (χ4n) is 2.95. The van der Waals surface area contributed by atoms with E-state index in [4.69, 9.17) is 9.84 Å². The number of ether oxygens (including phenoxy) is 1. The van der Waals surface area contributed by atoms with Crippen LogP contribution >= 0.6 is 0 Å². The Morgan fingerprint density at radius 2 is 2.14 bits per heavy atom. The summed E-state index contributed by atoms with van der Waals surface area (Å²) in [5.41, 5.74) is 1.05. The van der Waals surface area contributed by atoms with Gasteiger partial charge in [-0.3, -0.25) is 9.59 Å². The molecule has 1 heterocycles. The van der Waals surface area contributed by atoms with Crippen LogP contribution in [0.15, 0.2) is 24.3 Å². The number of carbonyl (C=O) groups is 2. The summed E-state index contributed by atoms with van der Waals surface area (Å²) in [6.45, 7) is 4.74. The number of nitrogens with zero attached hydrogens (tertiary/aromatic N) is 1. The van der Waals surface area contributed by atoms with Gasteiger partial charge in [0, 0.05) is 19.5 Å². The van der Waals surface area contributed by atoms with E-state index < -0.39 is 11.9 Å². The summed E-state index contributed by atoms with van der Waals surface area (Å²) in [5, 5.41) is 9.15. The first-order valence-electron chi connectivity index (χ1n) is 7.57. The lowest BCUT2D eigenvalue weighted by atomic mass is 9.97. The van der Waals surface area contributed by atoms with Gasteiger partial charge in [-0.05, 0) is 29.5 Å². The lowest BCUT2D eigenvalue weighted by Crippen LogP contribution is -2.30. The molecule has 1 aromatic rings. The Balaban J connectivity index is 1.98. The Kier molecular flexibility index (Phi) is 5.06. The van der Waals surface area contributed by atoms with Crippen LogP contribution in [0.25, 0.3) is 0 Å². The molecule has 0 saturated carbocycles. The fourth-order valence-corrected chi connectivity index (χ4v) is 2.95. The summed E-state index contributed by atoms with van der Waals surface area (Å²) < 4.78 is 5.20. The Hall–Kier alpha value is -2.04. The minimum atomic E-state index is -0.816. The topological polar surface area (TPSA) is 66.8 Å². The molecule has 1 fully saturated rings. The Morgan fingerprint density at radius 3 is 2.73 bits per heavy atom. The summed E-state index contributed by atoms with van der Waals surface area (Å²) in [6, 6.07) is 7.70. The number of amides is 1. The van der Waals surface area contributed by atoms with Crippen molar-refractivity contribution in [2.24, 2.45) is 11.8 Å². The third-order valence-corrected chi connectivity index (χ3v) is 4.43. The Morgan fingerprint density at radius 1 is 1.41 bits per heavy atom. The smallest absolute Gasteiger partial charge is 0.308 e. The highest BCUT2D eigenvalue weighted by Gasteiger charge is 2.37. The van der Waals surface area contributed by atoms with E-state index >= 15 is 0 Å². The fraction of sp³-hybridized carbons (Fsp3) is 0.529. The number of carbonyl (C=O) groups excluding carboxylic acids is 1. The van der Waals surface area contributed by atoms with E-state index in [1.54, 1.807) is 12.0 Å². The van der Waals surface area contributed by atoms with Gasteiger partial charge in [0.15, 0.2) is 0 Å². The third kappa shape index (κ3) is 3.59. The molecule has 5 heteroatoms. The van der Waals surface area contributed by atoms with Crippen LogP contribution in [0.4, 0.5) is 0 Å². The molecule has 0 aromatic heterocycles. The first-order valence-corrected chi connectivity index (χ1v) is 7.57.